The van der Waals surface area contributed by atoms with Crippen molar-refractivity contribution in [3.8, 4) is 5.69 Å². The number of para-hydroxylation sites is 1. The molecule has 1 N–H and O–H groups in total. The number of nitrogens with zero attached hydrogens (tertiary/aromatic N) is 2. The first-order chi connectivity index (χ1) is 10.4. The van der Waals surface area contributed by atoms with E-state index in [2.05, 4.69) is 9.97 Å². The van der Waals surface area contributed by atoms with Crippen molar-refractivity contribution in [1.29, 1.82) is 0 Å². The number of aromatic amines is 1. The summed E-state index contributed by atoms with van der Waals surface area (Å²) in [6, 6.07) is 6.49. The van der Waals surface area contributed by atoms with E-state index in [1.807, 2.05) is 32.0 Å². The summed E-state index contributed by atoms with van der Waals surface area (Å²) in [5, 5.41) is -0.429. The zero-order valence-electron chi connectivity index (χ0n) is 11.8. The molecule has 7 heteroatoms. The van der Waals surface area contributed by atoms with Crippen LogP contribution in [0.2, 0.25) is 5.15 Å². The molecule has 3 aromatic rings. The van der Waals surface area contributed by atoms with E-state index in [1.54, 1.807) is 0 Å². The van der Waals surface area contributed by atoms with Crippen molar-refractivity contribution in [3.63, 3.8) is 0 Å². The zero-order chi connectivity index (χ0) is 16.0. The van der Waals surface area contributed by atoms with Crippen LogP contribution >= 0.6 is 11.6 Å². The summed E-state index contributed by atoms with van der Waals surface area (Å²) >= 11 is 5.72. The van der Waals surface area contributed by atoms with Crippen LogP contribution in [0, 0.1) is 19.7 Å². The number of rotatable bonds is 1. The molecule has 0 aliphatic heterocycles. The van der Waals surface area contributed by atoms with Gasteiger partial charge in [-0.2, -0.15) is 0 Å². The molecule has 0 fully saturated rings. The van der Waals surface area contributed by atoms with Gasteiger partial charge in [0.2, 0.25) is 0 Å². The van der Waals surface area contributed by atoms with Crippen LogP contribution in [0.5, 0.6) is 0 Å². The van der Waals surface area contributed by atoms with Gasteiger partial charge in [0.05, 0.1) is 11.1 Å². The molecular formula is C15H11ClFN3O2. The van der Waals surface area contributed by atoms with E-state index in [0.29, 0.717) is 5.69 Å². The molecule has 0 spiro atoms. The van der Waals surface area contributed by atoms with Crippen molar-refractivity contribution in [3.05, 3.63) is 67.2 Å². The van der Waals surface area contributed by atoms with Gasteiger partial charge in [0.1, 0.15) is 0 Å². The van der Waals surface area contributed by atoms with Gasteiger partial charge in [-0.3, -0.25) is 9.78 Å². The molecular weight excluding hydrogens is 309 g/mol. The Morgan fingerprint density at radius 2 is 1.86 bits per heavy atom. The molecule has 1 aromatic carbocycles. The summed E-state index contributed by atoms with van der Waals surface area (Å²) in [4.78, 5) is 30.3. The Hall–Kier alpha value is -2.47. The molecule has 2 aromatic heterocycles. The van der Waals surface area contributed by atoms with Crippen molar-refractivity contribution in [2.24, 2.45) is 0 Å². The topological polar surface area (TPSA) is 67.8 Å². The minimum Gasteiger partial charge on any atom is -0.273 e. The van der Waals surface area contributed by atoms with Crippen molar-refractivity contribution in [1.82, 2.24) is 14.5 Å². The molecule has 0 unspecified atom stereocenters. The fourth-order valence-corrected chi connectivity index (χ4v) is 2.61. The van der Waals surface area contributed by atoms with Gasteiger partial charge in [-0.1, -0.05) is 29.8 Å². The first-order valence-corrected chi connectivity index (χ1v) is 6.85. The number of pyridine rings is 1. The first kappa shape index (κ1) is 14.5. The molecule has 0 radical (unpaired) electrons. The van der Waals surface area contributed by atoms with Crippen molar-refractivity contribution in [2.45, 2.75) is 13.8 Å². The zero-order valence-corrected chi connectivity index (χ0v) is 12.5. The highest BCUT2D eigenvalue weighted by Gasteiger charge is 2.16. The molecule has 0 amide bonds. The van der Waals surface area contributed by atoms with Gasteiger partial charge in [0.25, 0.3) is 5.56 Å². The molecule has 0 saturated heterocycles. The standard InChI is InChI=1S/C15H11ClFN3O2/c1-7-4-3-5-8(2)11(7)20-13-9(14(21)19-15(20)22)6-10(17)12(16)18-13/h3-6H,1-2H3,(H,19,21,22). The number of benzene rings is 1. The molecule has 3 rings (SSSR count). The number of hydrogen-bond acceptors (Lipinski definition) is 3. The Balaban J connectivity index is 2.58. The molecule has 0 aliphatic carbocycles. The minimum atomic E-state index is -0.814. The van der Waals surface area contributed by atoms with E-state index in [0.717, 1.165) is 17.2 Å². The van der Waals surface area contributed by atoms with Crippen LogP contribution in [0.3, 0.4) is 0 Å². The van der Waals surface area contributed by atoms with Crippen molar-refractivity contribution < 1.29 is 4.39 Å². The SMILES string of the molecule is Cc1cccc(C)c1-n1c(=O)[nH]c(=O)c2cc(F)c(Cl)nc21. The second-order valence-corrected chi connectivity index (χ2v) is 5.33. The maximum absolute atomic E-state index is 13.6. The largest absolute Gasteiger partial charge is 0.334 e. The third-order valence-corrected chi connectivity index (χ3v) is 3.72. The second-order valence-electron chi connectivity index (χ2n) is 4.97. The molecule has 0 saturated carbocycles. The fraction of sp³-hybridized carbons (Fsp3) is 0.133. The van der Waals surface area contributed by atoms with Gasteiger partial charge >= 0.3 is 5.69 Å². The molecule has 112 valence electrons. The average molecular weight is 320 g/mol. The van der Waals surface area contributed by atoms with Gasteiger partial charge in [-0.25, -0.2) is 18.7 Å². The minimum absolute atomic E-state index is 0.0255. The molecule has 0 aliphatic rings. The normalized spacial score (nSPS) is 11.1. The monoisotopic (exact) mass is 319 g/mol. The van der Waals surface area contributed by atoms with E-state index < -0.39 is 22.2 Å². The third-order valence-electron chi connectivity index (χ3n) is 3.46. The van der Waals surface area contributed by atoms with Gasteiger partial charge in [-0.15, -0.1) is 0 Å². The number of hydrogen-bond donors (Lipinski definition) is 1. The molecule has 5 nitrogen and oxygen atoms in total. The summed E-state index contributed by atoms with van der Waals surface area (Å²) in [5.74, 6) is -0.814. The predicted octanol–water partition coefficient (Wildman–Crippen LogP) is 2.48. The fourth-order valence-electron chi connectivity index (χ4n) is 2.48. The first-order valence-electron chi connectivity index (χ1n) is 6.48. The quantitative estimate of drug-likeness (QED) is 0.701. The van der Waals surface area contributed by atoms with Crippen LogP contribution in [0.25, 0.3) is 16.7 Å². The smallest absolute Gasteiger partial charge is 0.273 e. The lowest BCUT2D eigenvalue weighted by Gasteiger charge is -2.14. The third kappa shape index (κ3) is 2.12. The Kier molecular flexibility index (Phi) is 3.33. The van der Waals surface area contributed by atoms with Crippen molar-refractivity contribution >= 4 is 22.6 Å². The highest BCUT2D eigenvalue weighted by atomic mass is 35.5. The Morgan fingerprint density at radius 3 is 2.50 bits per heavy atom. The van der Waals surface area contributed by atoms with E-state index in [1.165, 1.54) is 4.57 Å². The molecule has 2 heterocycles. The summed E-state index contributed by atoms with van der Waals surface area (Å²) in [7, 11) is 0. The van der Waals surface area contributed by atoms with Gasteiger partial charge in [0, 0.05) is 0 Å². The van der Waals surface area contributed by atoms with Crippen LogP contribution in [0.4, 0.5) is 4.39 Å². The van der Waals surface area contributed by atoms with Crippen LogP contribution in [-0.2, 0) is 0 Å². The Morgan fingerprint density at radius 1 is 1.23 bits per heavy atom. The van der Waals surface area contributed by atoms with E-state index in [-0.39, 0.29) is 11.0 Å². The van der Waals surface area contributed by atoms with Gasteiger partial charge < -0.3 is 0 Å². The van der Waals surface area contributed by atoms with Crippen LogP contribution in [0.1, 0.15) is 11.1 Å². The Labute approximate surface area is 129 Å². The van der Waals surface area contributed by atoms with Gasteiger partial charge in [0.15, 0.2) is 16.6 Å². The van der Waals surface area contributed by atoms with E-state index >= 15 is 0 Å². The lowest BCUT2D eigenvalue weighted by atomic mass is 10.1. The number of aryl methyl sites for hydroxylation is 2. The number of halogens is 2. The van der Waals surface area contributed by atoms with Gasteiger partial charge in [-0.05, 0) is 31.0 Å². The number of nitrogens with one attached hydrogen (secondary N) is 1. The molecule has 0 bridgehead atoms. The van der Waals surface area contributed by atoms with E-state index in [9.17, 15) is 14.0 Å². The van der Waals surface area contributed by atoms with E-state index in [4.69, 9.17) is 11.6 Å². The summed E-state index contributed by atoms with van der Waals surface area (Å²) in [5.41, 5.74) is 0.896. The van der Waals surface area contributed by atoms with Crippen LogP contribution in [-0.4, -0.2) is 14.5 Å². The predicted molar refractivity (Wildman–Crippen MR) is 82.4 cm³/mol. The lowest BCUT2D eigenvalue weighted by molar-refractivity contribution is 0.623. The molecule has 22 heavy (non-hydrogen) atoms. The summed E-state index contributed by atoms with van der Waals surface area (Å²) in [6.45, 7) is 3.66. The summed E-state index contributed by atoms with van der Waals surface area (Å²) in [6.07, 6.45) is 0. The number of aromatic nitrogens is 3. The van der Waals surface area contributed by atoms with Crippen LogP contribution < -0.4 is 11.2 Å². The number of fused-ring (bicyclic) bond motifs is 1. The Bertz CT molecular complexity index is 1000. The highest BCUT2D eigenvalue weighted by Crippen LogP contribution is 2.22. The highest BCUT2D eigenvalue weighted by molar-refractivity contribution is 6.29. The maximum Gasteiger partial charge on any atom is 0.334 e. The maximum atomic E-state index is 13.6. The average Bonchev–Trinajstić information content (AvgIpc) is 2.44. The second kappa shape index (κ2) is 5.06. The summed E-state index contributed by atoms with van der Waals surface area (Å²) < 4.78 is 14.8. The lowest BCUT2D eigenvalue weighted by Crippen LogP contribution is -2.30. The number of H-pyrrole nitrogens is 1. The van der Waals surface area contributed by atoms with Crippen molar-refractivity contribution in [2.75, 3.05) is 0 Å². The van der Waals surface area contributed by atoms with Crippen LogP contribution in [0.15, 0.2) is 33.9 Å². The molecule has 0 atom stereocenters.